The topological polar surface area (TPSA) is 73.2 Å². The molecule has 0 bridgehead atoms. The zero-order chi connectivity index (χ0) is 14.8. The highest BCUT2D eigenvalue weighted by molar-refractivity contribution is 6.33. The van der Waals surface area contributed by atoms with E-state index >= 15 is 0 Å². The summed E-state index contributed by atoms with van der Waals surface area (Å²) >= 11 is 6.08. The van der Waals surface area contributed by atoms with E-state index in [0.717, 1.165) is 23.9 Å². The second kappa shape index (κ2) is 5.83. The van der Waals surface area contributed by atoms with Crippen LogP contribution in [0, 0.1) is 0 Å². The van der Waals surface area contributed by atoms with Gasteiger partial charge in [-0.15, -0.1) is 0 Å². The summed E-state index contributed by atoms with van der Waals surface area (Å²) in [6.45, 7) is 1.86. The molecule has 6 nitrogen and oxygen atoms in total. The Morgan fingerprint density at radius 1 is 1.60 bits per heavy atom. The first-order chi connectivity index (χ1) is 9.51. The minimum atomic E-state index is -0.541. The van der Waals surface area contributed by atoms with E-state index in [0.29, 0.717) is 5.69 Å². The minimum Gasteiger partial charge on any atom is -0.468 e. The van der Waals surface area contributed by atoms with Gasteiger partial charge in [0.15, 0.2) is 0 Å². The molecule has 0 atom stereocenters. The zero-order valence-electron chi connectivity index (χ0n) is 11.6. The van der Waals surface area contributed by atoms with E-state index in [-0.39, 0.29) is 17.1 Å². The maximum atomic E-state index is 12.0. The summed E-state index contributed by atoms with van der Waals surface area (Å²) in [5.74, 6) is -0.541. The number of rotatable bonds is 5. The van der Waals surface area contributed by atoms with Crippen molar-refractivity contribution in [3.05, 3.63) is 21.6 Å². The van der Waals surface area contributed by atoms with Gasteiger partial charge in [0.1, 0.15) is 11.6 Å². The number of ether oxygens (including phenoxy) is 1. The van der Waals surface area contributed by atoms with Gasteiger partial charge < -0.3 is 10.1 Å². The molecule has 1 fully saturated rings. The van der Waals surface area contributed by atoms with Crippen LogP contribution in [0.1, 0.15) is 32.6 Å². The third-order valence-electron chi connectivity index (χ3n) is 3.88. The Morgan fingerprint density at radius 2 is 2.30 bits per heavy atom. The number of hydrogen-bond donors (Lipinski definition) is 1. The van der Waals surface area contributed by atoms with Gasteiger partial charge >= 0.3 is 5.97 Å². The molecule has 1 heterocycles. The number of nitrogens with zero attached hydrogens (tertiary/aromatic N) is 2. The lowest BCUT2D eigenvalue weighted by Gasteiger charge is -2.42. The molecule has 0 aliphatic heterocycles. The second-order valence-corrected chi connectivity index (χ2v) is 5.40. The molecular weight excluding hydrogens is 282 g/mol. The van der Waals surface area contributed by atoms with Gasteiger partial charge in [-0.25, -0.2) is 4.68 Å². The third kappa shape index (κ3) is 2.80. The van der Waals surface area contributed by atoms with Crippen molar-refractivity contribution in [1.82, 2.24) is 9.78 Å². The number of hydrogen-bond acceptors (Lipinski definition) is 5. The summed E-state index contributed by atoms with van der Waals surface area (Å²) in [6, 6.07) is 0. The molecule has 2 rings (SSSR count). The fourth-order valence-electron chi connectivity index (χ4n) is 2.31. The molecule has 1 N–H and O–H groups in total. The van der Waals surface area contributed by atoms with Gasteiger partial charge in [-0.05, 0) is 25.7 Å². The zero-order valence-corrected chi connectivity index (χ0v) is 12.4. The maximum Gasteiger partial charge on any atom is 0.327 e. The highest BCUT2D eigenvalue weighted by Crippen LogP contribution is 2.38. The standard InChI is InChI=1S/C13H18ClN3O3/c1-3-13(5-4-6-13)16-9-7-15-17(8-10(18)20-2)12(19)11(9)14/h7,16H,3-6,8H2,1-2H3. The molecule has 1 aromatic rings. The van der Waals surface area contributed by atoms with Gasteiger partial charge in [-0.2, -0.15) is 5.10 Å². The summed E-state index contributed by atoms with van der Waals surface area (Å²) in [5.41, 5.74) is 0.0544. The largest absolute Gasteiger partial charge is 0.468 e. The fourth-order valence-corrected chi connectivity index (χ4v) is 2.50. The summed E-state index contributed by atoms with van der Waals surface area (Å²) in [6.07, 6.45) is 5.75. The molecule has 0 saturated heterocycles. The van der Waals surface area contributed by atoms with Crippen molar-refractivity contribution in [2.45, 2.75) is 44.7 Å². The Hall–Kier alpha value is -1.56. The molecule has 7 heteroatoms. The SMILES string of the molecule is CCC1(Nc2cnn(CC(=O)OC)c(=O)c2Cl)CCC1. The highest BCUT2D eigenvalue weighted by atomic mass is 35.5. The van der Waals surface area contributed by atoms with Crippen LogP contribution in [0.4, 0.5) is 5.69 Å². The molecular formula is C13H18ClN3O3. The van der Waals surface area contributed by atoms with Crippen LogP contribution in [0.2, 0.25) is 5.02 Å². The summed E-state index contributed by atoms with van der Waals surface area (Å²) in [4.78, 5) is 23.2. The first-order valence-corrected chi connectivity index (χ1v) is 7.00. The molecule has 0 spiro atoms. The Morgan fingerprint density at radius 3 is 2.80 bits per heavy atom. The lowest BCUT2D eigenvalue weighted by Crippen LogP contribution is -2.45. The lowest BCUT2D eigenvalue weighted by molar-refractivity contribution is -0.141. The van der Waals surface area contributed by atoms with Gasteiger partial charge in [-0.3, -0.25) is 9.59 Å². The lowest BCUT2D eigenvalue weighted by atomic mass is 9.75. The highest BCUT2D eigenvalue weighted by Gasteiger charge is 2.35. The summed E-state index contributed by atoms with van der Waals surface area (Å²) < 4.78 is 5.51. The minimum absolute atomic E-state index is 0.0201. The molecule has 1 aromatic heterocycles. The smallest absolute Gasteiger partial charge is 0.327 e. The second-order valence-electron chi connectivity index (χ2n) is 5.02. The predicted molar refractivity (Wildman–Crippen MR) is 76.0 cm³/mol. The van der Waals surface area contributed by atoms with Crippen LogP contribution in [-0.4, -0.2) is 28.4 Å². The van der Waals surface area contributed by atoms with Gasteiger partial charge in [0.2, 0.25) is 0 Å². The van der Waals surface area contributed by atoms with Crippen LogP contribution < -0.4 is 10.9 Å². The molecule has 0 unspecified atom stereocenters. The number of carbonyl (C=O) groups is 1. The van der Waals surface area contributed by atoms with Crippen molar-refractivity contribution in [3.63, 3.8) is 0 Å². The van der Waals surface area contributed by atoms with E-state index < -0.39 is 11.5 Å². The summed E-state index contributed by atoms with van der Waals surface area (Å²) in [7, 11) is 1.26. The quantitative estimate of drug-likeness (QED) is 0.840. The van der Waals surface area contributed by atoms with Gasteiger partial charge in [0.25, 0.3) is 5.56 Å². The molecule has 1 saturated carbocycles. The van der Waals surface area contributed by atoms with Crippen LogP contribution in [0.5, 0.6) is 0 Å². The number of nitrogens with one attached hydrogen (secondary N) is 1. The molecule has 0 aromatic carbocycles. The Labute approximate surface area is 122 Å². The van der Waals surface area contributed by atoms with E-state index in [4.69, 9.17) is 11.6 Å². The molecule has 20 heavy (non-hydrogen) atoms. The average molecular weight is 300 g/mol. The van der Waals surface area contributed by atoms with Gasteiger partial charge in [-0.1, -0.05) is 18.5 Å². The van der Waals surface area contributed by atoms with Crippen LogP contribution in [-0.2, 0) is 16.1 Å². The van der Waals surface area contributed by atoms with E-state index in [9.17, 15) is 9.59 Å². The van der Waals surface area contributed by atoms with Crippen LogP contribution in [0.25, 0.3) is 0 Å². The van der Waals surface area contributed by atoms with Crippen molar-refractivity contribution in [2.75, 3.05) is 12.4 Å². The maximum absolute atomic E-state index is 12.0. The van der Waals surface area contributed by atoms with Gasteiger partial charge in [0, 0.05) is 5.54 Å². The molecule has 0 amide bonds. The van der Waals surface area contributed by atoms with Crippen molar-refractivity contribution < 1.29 is 9.53 Å². The van der Waals surface area contributed by atoms with E-state index in [1.807, 2.05) is 0 Å². The number of aromatic nitrogens is 2. The average Bonchev–Trinajstić information content (AvgIpc) is 2.41. The molecule has 0 radical (unpaired) electrons. The number of anilines is 1. The summed E-state index contributed by atoms with van der Waals surface area (Å²) in [5, 5.41) is 7.34. The van der Waals surface area contributed by atoms with E-state index in [1.165, 1.54) is 19.7 Å². The van der Waals surface area contributed by atoms with Crippen LogP contribution in [0.15, 0.2) is 11.0 Å². The third-order valence-corrected chi connectivity index (χ3v) is 4.24. The van der Waals surface area contributed by atoms with Gasteiger partial charge in [0.05, 0.1) is 19.0 Å². The van der Waals surface area contributed by atoms with Crippen molar-refractivity contribution >= 4 is 23.3 Å². The van der Waals surface area contributed by atoms with Crippen LogP contribution >= 0.6 is 11.6 Å². The number of esters is 1. The molecule has 1 aliphatic carbocycles. The molecule has 110 valence electrons. The number of methoxy groups -OCH3 is 1. The Bertz CT molecular complexity index is 561. The predicted octanol–water partition coefficient (Wildman–Crippen LogP) is 1.81. The monoisotopic (exact) mass is 299 g/mol. The normalized spacial score (nSPS) is 16.4. The Balaban J connectivity index is 2.22. The van der Waals surface area contributed by atoms with Crippen molar-refractivity contribution in [3.8, 4) is 0 Å². The first kappa shape index (κ1) is 14.8. The first-order valence-electron chi connectivity index (χ1n) is 6.62. The van der Waals surface area contributed by atoms with Crippen LogP contribution in [0.3, 0.4) is 0 Å². The van der Waals surface area contributed by atoms with E-state index in [1.54, 1.807) is 0 Å². The Kier molecular flexibility index (Phi) is 4.32. The molecule has 1 aliphatic rings. The van der Waals surface area contributed by atoms with Crippen molar-refractivity contribution in [2.24, 2.45) is 0 Å². The number of carbonyl (C=O) groups excluding carboxylic acids is 1. The number of halogens is 1. The van der Waals surface area contributed by atoms with E-state index in [2.05, 4.69) is 22.1 Å². The fraction of sp³-hybridized carbons (Fsp3) is 0.615. The van der Waals surface area contributed by atoms with Crippen molar-refractivity contribution in [1.29, 1.82) is 0 Å².